The molecule has 0 spiro atoms. The zero-order chi connectivity index (χ0) is 26.5. The predicted octanol–water partition coefficient (Wildman–Crippen LogP) is 2.87. The monoisotopic (exact) mass is 519 g/mol. The van der Waals surface area contributed by atoms with Crippen molar-refractivity contribution in [3.8, 4) is 17.0 Å². The van der Waals surface area contributed by atoms with E-state index in [1.54, 1.807) is 29.0 Å². The number of hydrogen-bond acceptors (Lipinski definition) is 8. The maximum absolute atomic E-state index is 15.1. The quantitative estimate of drug-likeness (QED) is 0.380. The van der Waals surface area contributed by atoms with Crippen LogP contribution in [0.15, 0.2) is 35.4 Å². The Bertz CT molecular complexity index is 1550. The summed E-state index contributed by atoms with van der Waals surface area (Å²) < 4.78 is 69.0. The number of hydrogen-bond donors (Lipinski definition) is 0. The lowest BCUT2D eigenvalue weighted by atomic mass is 10.1. The standard InChI is InChI=1S/C23H21F4N7O3/c1-32-10-12(9-28-32)16-11-34(6-7-37-16)22-30-17(14-5-4-13(36-3)8-15(14)24)18-19(31-22)20(35)33(2)21(29-18)23(25,26)27/h4-5,8-10,16H,6-7,11H2,1-3H3/t16-/m1/s1. The van der Waals surface area contributed by atoms with Crippen molar-refractivity contribution in [2.24, 2.45) is 14.1 Å². The SMILES string of the molecule is COc1ccc(-c2nc(N3CCO[C@@H](c4cnn(C)c4)C3)nc3c(=O)n(C)c(C(F)(F)F)nc23)c(F)c1. The van der Waals surface area contributed by atoms with Crippen LogP contribution in [0.4, 0.5) is 23.5 Å². The number of aryl methyl sites for hydroxylation is 1. The maximum Gasteiger partial charge on any atom is 0.449 e. The Morgan fingerprint density at radius 3 is 2.57 bits per heavy atom. The van der Waals surface area contributed by atoms with Gasteiger partial charge < -0.3 is 14.4 Å². The molecule has 14 heteroatoms. The van der Waals surface area contributed by atoms with Crippen LogP contribution in [0.5, 0.6) is 5.75 Å². The molecule has 1 aliphatic heterocycles. The Morgan fingerprint density at radius 1 is 1.14 bits per heavy atom. The highest BCUT2D eigenvalue weighted by Gasteiger charge is 2.37. The van der Waals surface area contributed by atoms with Crippen LogP contribution in [0.1, 0.15) is 17.5 Å². The zero-order valence-electron chi connectivity index (χ0n) is 20.0. The number of morpholine rings is 1. The van der Waals surface area contributed by atoms with E-state index in [0.29, 0.717) is 11.1 Å². The zero-order valence-corrected chi connectivity index (χ0v) is 20.0. The number of rotatable bonds is 4. The van der Waals surface area contributed by atoms with Crippen molar-refractivity contribution >= 4 is 17.0 Å². The molecule has 1 saturated heterocycles. The molecule has 0 saturated carbocycles. The molecule has 0 radical (unpaired) electrons. The first-order valence-electron chi connectivity index (χ1n) is 11.1. The van der Waals surface area contributed by atoms with E-state index in [0.717, 1.165) is 18.7 Å². The first-order chi connectivity index (χ1) is 17.6. The Kier molecular flexibility index (Phi) is 6.06. The fourth-order valence-corrected chi connectivity index (χ4v) is 4.17. The number of anilines is 1. The summed E-state index contributed by atoms with van der Waals surface area (Å²) in [7, 11) is 4.08. The number of benzene rings is 1. The van der Waals surface area contributed by atoms with Gasteiger partial charge in [-0.15, -0.1) is 0 Å². The van der Waals surface area contributed by atoms with Crippen LogP contribution in [0.2, 0.25) is 0 Å². The molecule has 0 N–H and O–H groups in total. The smallest absolute Gasteiger partial charge is 0.449 e. The number of aromatic nitrogens is 6. The van der Waals surface area contributed by atoms with E-state index in [-0.39, 0.29) is 41.6 Å². The van der Waals surface area contributed by atoms with Gasteiger partial charge in [-0.1, -0.05) is 0 Å². The van der Waals surface area contributed by atoms with E-state index in [2.05, 4.69) is 20.1 Å². The molecule has 37 heavy (non-hydrogen) atoms. The van der Waals surface area contributed by atoms with Crippen molar-refractivity contribution in [3.63, 3.8) is 0 Å². The largest absolute Gasteiger partial charge is 0.497 e. The molecule has 1 atom stereocenters. The molecule has 4 aromatic rings. The summed E-state index contributed by atoms with van der Waals surface area (Å²) in [6, 6.07) is 3.82. The lowest BCUT2D eigenvalue weighted by molar-refractivity contribution is -0.147. The summed E-state index contributed by atoms with van der Waals surface area (Å²) in [5, 5.41) is 4.15. The summed E-state index contributed by atoms with van der Waals surface area (Å²) in [4.78, 5) is 27.2. The molecule has 0 amide bonds. The van der Waals surface area contributed by atoms with Gasteiger partial charge in [0.2, 0.25) is 11.8 Å². The summed E-state index contributed by atoms with van der Waals surface area (Å²) in [5.41, 5.74) is -1.45. The molecule has 10 nitrogen and oxygen atoms in total. The number of ether oxygens (including phenoxy) is 2. The molecule has 1 aromatic carbocycles. The molecular weight excluding hydrogens is 498 g/mol. The molecule has 5 rings (SSSR count). The molecular formula is C23H21F4N7O3. The van der Waals surface area contributed by atoms with Gasteiger partial charge in [-0.2, -0.15) is 18.3 Å². The third-order valence-corrected chi connectivity index (χ3v) is 6.05. The highest BCUT2D eigenvalue weighted by molar-refractivity contribution is 5.90. The van der Waals surface area contributed by atoms with Crippen molar-refractivity contribution in [3.05, 3.63) is 58.2 Å². The number of halogens is 4. The summed E-state index contributed by atoms with van der Waals surface area (Å²) >= 11 is 0. The summed E-state index contributed by atoms with van der Waals surface area (Å²) in [6.07, 6.45) is -1.87. The second kappa shape index (κ2) is 9.10. The van der Waals surface area contributed by atoms with Crippen molar-refractivity contribution < 1.29 is 27.0 Å². The van der Waals surface area contributed by atoms with Gasteiger partial charge in [0.05, 0.1) is 26.5 Å². The van der Waals surface area contributed by atoms with Crippen LogP contribution in [-0.2, 0) is 25.0 Å². The van der Waals surface area contributed by atoms with Crippen molar-refractivity contribution in [2.45, 2.75) is 12.3 Å². The fourth-order valence-electron chi connectivity index (χ4n) is 4.17. The number of nitrogens with zero attached hydrogens (tertiary/aromatic N) is 7. The van der Waals surface area contributed by atoms with E-state index < -0.39 is 35.0 Å². The highest BCUT2D eigenvalue weighted by Crippen LogP contribution is 2.34. The number of fused-ring (bicyclic) bond motifs is 1. The average molecular weight is 519 g/mol. The maximum atomic E-state index is 15.1. The van der Waals surface area contributed by atoms with Crippen LogP contribution in [0.25, 0.3) is 22.3 Å². The van der Waals surface area contributed by atoms with Crippen LogP contribution in [0.3, 0.4) is 0 Å². The Labute approximate surface area is 207 Å². The van der Waals surface area contributed by atoms with Gasteiger partial charge in [0.15, 0.2) is 5.52 Å². The second-order valence-electron chi connectivity index (χ2n) is 8.47. The average Bonchev–Trinajstić information content (AvgIpc) is 3.31. The molecule has 0 aliphatic carbocycles. The molecule has 194 valence electrons. The van der Waals surface area contributed by atoms with Gasteiger partial charge in [0.1, 0.15) is 28.9 Å². The molecule has 1 fully saturated rings. The summed E-state index contributed by atoms with van der Waals surface area (Å²) in [6.45, 7) is 0.897. The second-order valence-corrected chi connectivity index (χ2v) is 8.47. The van der Waals surface area contributed by atoms with Crippen LogP contribution in [0, 0.1) is 5.82 Å². The van der Waals surface area contributed by atoms with Crippen molar-refractivity contribution in [2.75, 3.05) is 31.7 Å². The molecule has 4 heterocycles. The van der Waals surface area contributed by atoms with Crippen molar-refractivity contribution in [1.82, 2.24) is 29.3 Å². The van der Waals surface area contributed by atoms with Gasteiger partial charge >= 0.3 is 6.18 Å². The fraction of sp³-hybridized carbons (Fsp3) is 0.348. The molecule has 1 aliphatic rings. The third-order valence-electron chi connectivity index (χ3n) is 6.05. The first-order valence-corrected chi connectivity index (χ1v) is 11.1. The Balaban J connectivity index is 1.71. The van der Waals surface area contributed by atoms with E-state index in [1.807, 2.05) is 0 Å². The minimum absolute atomic E-state index is 0.0357. The minimum atomic E-state index is -4.93. The lowest BCUT2D eigenvalue weighted by Gasteiger charge is -2.32. The normalized spacial score (nSPS) is 16.4. The Morgan fingerprint density at radius 2 is 1.92 bits per heavy atom. The van der Waals surface area contributed by atoms with Gasteiger partial charge in [0, 0.05) is 44.0 Å². The van der Waals surface area contributed by atoms with Crippen LogP contribution in [-0.4, -0.2) is 56.1 Å². The van der Waals surface area contributed by atoms with E-state index in [1.165, 1.54) is 19.2 Å². The lowest BCUT2D eigenvalue weighted by Crippen LogP contribution is -2.39. The number of methoxy groups -OCH3 is 1. The van der Waals surface area contributed by atoms with Crippen molar-refractivity contribution in [1.29, 1.82) is 0 Å². The van der Waals surface area contributed by atoms with E-state index in [9.17, 15) is 18.0 Å². The Hall–Kier alpha value is -4.07. The number of alkyl halides is 3. The van der Waals surface area contributed by atoms with E-state index >= 15 is 4.39 Å². The summed E-state index contributed by atoms with van der Waals surface area (Å²) in [5.74, 6) is -2.02. The first kappa shape index (κ1) is 24.6. The topological polar surface area (TPSA) is 100 Å². The predicted molar refractivity (Wildman–Crippen MR) is 124 cm³/mol. The molecule has 0 bridgehead atoms. The molecule has 3 aromatic heterocycles. The van der Waals surface area contributed by atoms with Gasteiger partial charge in [0.25, 0.3) is 5.56 Å². The third kappa shape index (κ3) is 4.48. The molecule has 0 unspecified atom stereocenters. The van der Waals surface area contributed by atoms with Crippen LogP contribution < -0.4 is 15.2 Å². The highest BCUT2D eigenvalue weighted by atomic mass is 19.4. The van der Waals surface area contributed by atoms with Gasteiger partial charge in [-0.05, 0) is 12.1 Å². The van der Waals surface area contributed by atoms with Gasteiger partial charge in [-0.3, -0.25) is 14.0 Å². The van der Waals surface area contributed by atoms with Crippen LogP contribution >= 0.6 is 0 Å². The van der Waals surface area contributed by atoms with E-state index in [4.69, 9.17) is 9.47 Å². The van der Waals surface area contributed by atoms with Gasteiger partial charge in [-0.25, -0.2) is 19.3 Å². The minimum Gasteiger partial charge on any atom is -0.497 e.